The molecule has 5 heteroatoms. The SMILES string of the molecule is CCc1cc(Oc2cc(Cl)ccc2C(=O)O)ccc1Cl. The van der Waals surface area contributed by atoms with Crippen LogP contribution in [0.15, 0.2) is 36.4 Å². The molecule has 3 nitrogen and oxygen atoms in total. The summed E-state index contributed by atoms with van der Waals surface area (Å²) in [5.74, 6) is -0.341. The number of hydrogen-bond acceptors (Lipinski definition) is 2. The van der Waals surface area contributed by atoms with Crippen LogP contribution in [0.1, 0.15) is 22.8 Å². The highest BCUT2D eigenvalue weighted by molar-refractivity contribution is 6.31. The summed E-state index contributed by atoms with van der Waals surface area (Å²) in [5, 5.41) is 10.2. The summed E-state index contributed by atoms with van der Waals surface area (Å²) in [5.41, 5.74) is 0.991. The van der Waals surface area contributed by atoms with Crippen molar-refractivity contribution in [2.45, 2.75) is 13.3 Å². The molecule has 1 N–H and O–H groups in total. The normalized spacial score (nSPS) is 10.3. The summed E-state index contributed by atoms with van der Waals surface area (Å²) in [4.78, 5) is 11.2. The van der Waals surface area contributed by atoms with Crippen molar-refractivity contribution in [1.29, 1.82) is 0 Å². The van der Waals surface area contributed by atoms with Crippen molar-refractivity contribution in [3.63, 3.8) is 0 Å². The van der Waals surface area contributed by atoms with Gasteiger partial charge in [0.05, 0.1) is 0 Å². The zero-order chi connectivity index (χ0) is 14.7. The fourth-order valence-corrected chi connectivity index (χ4v) is 2.18. The zero-order valence-corrected chi connectivity index (χ0v) is 12.2. The van der Waals surface area contributed by atoms with Crippen molar-refractivity contribution >= 4 is 29.2 Å². The van der Waals surface area contributed by atoms with Crippen LogP contribution in [0.3, 0.4) is 0 Å². The first kappa shape index (κ1) is 14.7. The van der Waals surface area contributed by atoms with Gasteiger partial charge in [0, 0.05) is 16.1 Å². The Kier molecular flexibility index (Phi) is 4.53. The van der Waals surface area contributed by atoms with E-state index >= 15 is 0 Å². The molecule has 0 aromatic heterocycles. The van der Waals surface area contributed by atoms with E-state index in [0.717, 1.165) is 12.0 Å². The van der Waals surface area contributed by atoms with Gasteiger partial charge in [0.2, 0.25) is 0 Å². The molecule has 2 rings (SSSR count). The number of hydrogen-bond donors (Lipinski definition) is 1. The van der Waals surface area contributed by atoms with Crippen LogP contribution in [0.2, 0.25) is 10.0 Å². The number of ether oxygens (including phenoxy) is 1. The highest BCUT2D eigenvalue weighted by Gasteiger charge is 2.13. The molecule has 0 unspecified atom stereocenters. The number of aromatic carboxylic acids is 1. The number of aryl methyl sites for hydroxylation is 1. The largest absolute Gasteiger partial charge is 0.478 e. The smallest absolute Gasteiger partial charge is 0.339 e. The zero-order valence-electron chi connectivity index (χ0n) is 10.7. The van der Waals surface area contributed by atoms with Crippen LogP contribution >= 0.6 is 23.2 Å². The van der Waals surface area contributed by atoms with Crippen molar-refractivity contribution in [3.8, 4) is 11.5 Å². The molecule has 20 heavy (non-hydrogen) atoms. The first-order chi connectivity index (χ1) is 9.51. The van der Waals surface area contributed by atoms with Gasteiger partial charge in [-0.15, -0.1) is 0 Å². The van der Waals surface area contributed by atoms with Crippen LogP contribution in [0.5, 0.6) is 11.5 Å². The van der Waals surface area contributed by atoms with Gasteiger partial charge >= 0.3 is 5.97 Å². The Hall–Kier alpha value is -1.71. The van der Waals surface area contributed by atoms with E-state index in [0.29, 0.717) is 15.8 Å². The molecule has 0 fully saturated rings. The molecule has 0 spiro atoms. The molecule has 0 saturated carbocycles. The highest BCUT2D eigenvalue weighted by atomic mass is 35.5. The summed E-state index contributed by atoms with van der Waals surface area (Å²) in [6, 6.07) is 9.60. The third-order valence-electron chi connectivity index (χ3n) is 2.80. The Morgan fingerprint density at radius 2 is 1.95 bits per heavy atom. The standard InChI is InChI=1S/C15H12Cl2O3/c1-2-9-7-11(4-6-13(9)17)20-14-8-10(16)3-5-12(14)15(18)19/h3-8H,2H2,1H3,(H,18,19). The molecule has 0 bridgehead atoms. The van der Waals surface area contributed by atoms with E-state index in [1.54, 1.807) is 18.2 Å². The Morgan fingerprint density at radius 1 is 1.20 bits per heavy atom. The highest BCUT2D eigenvalue weighted by Crippen LogP contribution is 2.30. The molecule has 0 aliphatic carbocycles. The predicted molar refractivity (Wildman–Crippen MR) is 79.3 cm³/mol. The van der Waals surface area contributed by atoms with E-state index < -0.39 is 5.97 Å². The van der Waals surface area contributed by atoms with Gasteiger partial charge in [0.25, 0.3) is 0 Å². The molecular weight excluding hydrogens is 299 g/mol. The summed E-state index contributed by atoms with van der Waals surface area (Å²) in [6.07, 6.45) is 0.761. The van der Waals surface area contributed by atoms with Crippen LogP contribution in [0.4, 0.5) is 0 Å². The molecule has 0 heterocycles. The Morgan fingerprint density at radius 3 is 2.60 bits per heavy atom. The summed E-state index contributed by atoms with van der Waals surface area (Å²) in [6.45, 7) is 1.98. The van der Waals surface area contributed by atoms with Crippen molar-refractivity contribution in [1.82, 2.24) is 0 Å². The number of carboxylic acid groups (broad SMARTS) is 1. The third-order valence-corrected chi connectivity index (χ3v) is 3.40. The van der Waals surface area contributed by atoms with E-state index in [9.17, 15) is 4.79 Å². The lowest BCUT2D eigenvalue weighted by atomic mass is 10.1. The Labute approximate surface area is 126 Å². The lowest BCUT2D eigenvalue weighted by molar-refractivity contribution is 0.0694. The second-order valence-electron chi connectivity index (χ2n) is 4.15. The molecule has 0 atom stereocenters. The van der Waals surface area contributed by atoms with E-state index in [-0.39, 0.29) is 11.3 Å². The maximum atomic E-state index is 11.2. The van der Waals surface area contributed by atoms with Crippen LogP contribution in [-0.2, 0) is 6.42 Å². The van der Waals surface area contributed by atoms with Crippen LogP contribution in [0.25, 0.3) is 0 Å². The molecule has 0 saturated heterocycles. The van der Waals surface area contributed by atoms with Gasteiger partial charge in [-0.1, -0.05) is 30.1 Å². The maximum Gasteiger partial charge on any atom is 0.339 e. The van der Waals surface area contributed by atoms with Gasteiger partial charge in [-0.3, -0.25) is 0 Å². The van der Waals surface area contributed by atoms with Crippen LogP contribution in [-0.4, -0.2) is 11.1 Å². The van der Waals surface area contributed by atoms with Gasteiger partial charge in [-0.2, -0.15) is 0 Å². The van der Waals surface area contributed by atoms with Gasteiger partial charge < -0.3 is 9.84 Å². The van der Waals surface area contributed by atoms with E-state index in [1.807, 2.05) is 6.92 Å². The fourth-order valence-electron chi connectivity index (χ4n) is 1.77. The third kappa shape index (κ3) is 3.24. The minimum absolute atomic E-state index is 0.0578. The fraction of sp³-hybridized carbons (Fsp3) is 0.133. The maximum absolute atomic E-state index is 11.2. The average molecular weight is 311 g/mol. The van der Waals surface area contributed by atoms with Gasteiger partial charge in [-0.25, -0.2) is 4.79 Å². The molecular formula is C15H12Cl2O3. The van der Waals surface area contributed by atoms with Crippen molar-refractivity contribution in [2.75, 3.05) is 0 Å². The Balaban J connectivity index is 2.39. The monoisotopic (exact) mass is 310 g/mol. The second kappa shape index (κ2) is 6.16. The Bertz CT molecular complexity index is 654. The van der Waals surface area contributed by atoms with Crippen molar-refractivity contribution < 1.29 is 14.6 Å². The van der Waals surface area contributed by atoms with Crippen molar-refractivity contribution in [3.05, 3.63) is 57.6 Å². The first-order valence-corrected chi connectivity index (χ1v) is 6.76. The molecule has 104 valence electrons. The first-order valence-electron chi connectivity index (χ1n) is 6.00. The topological polar surface area (TPSA) is 46.5 Å². The molecule has 0 aliphatic heterocycles. The van der Waals surface area contributed by atoms with Crippen LogP contribution in [0, 0.1) is 0 Å². The molecule has 2 aromatic carbocycles. The lowest BCUT2D eigenvalue weighted by Crippen LogP contribution is -2.00. The molecule has 0 aliphatic rings. The predicted octanol–water partition coefficient (Wildman–Crippen LogP) is 5.05. The number of carbonyl (C=O) groups is 1. The lowest BCUT2D eigenvalue weighted by Gasteiger charge is -2.11. The van der Waals surface area contributed by atoms with Gasteiger partial charge in [0.15, 0.2) is 0 Å². The second-order valence-corrected chi connectivity index (χ2v) is 5.00. The number of rotatable bonds is 4. The number of benzene rings is 2. The summed E-state index contributed by atoms with van der Waals surface area (Å²) >= 11 is 11.9. The van der Waals surface area contributed by atoms with Crippen LogP contribution < -0.4 is 4.74 Å². The number of carboxylic acids is 1. The summed E-state index contributed by atoms with van der Waals surface area (Å²) in [7, 11) is 0. The van der Waals surface area contributed by atoms with Gasteiger partial charge in [0.1, 0.15) is 17.1 Å². The summed E-state index contributed by atoms with van der Waals surface area (Å²) < 4.78 is 5.63. The molecule has 0 amide bonds. The van der Waals surface area contributed by atoms with E-state index in [2.05, 4.69) is 0 Å². The minimum atomic E-state index is -1.07. The van der Waals surface area contributed by atoms with Crippen molar-refractivity contribution in [2.24, 2.45) is 0 Å². The average Bonchev–Trinajstić information content (AvgIpc) is 2.40. The minimum Gasteiger partial charge on any atom is -0.478 e. The number of halogens is 2. The van der Waals surface area contributed by atoms with E-state index in [4.69, 9.17) is 33.0 Å². The van der Waals surface area contributed by atoms with E-state index in [1.165, 1.54) is 18.2 Å². The molecule has 0 radical (unpaired) electrons. The quantitative estimate of drug-likeness (QED) is 0.859. The molecule has 2 aromatic rings. The van der Waals surface area contributed by atoms with Gasteiger partial charge in [-0.05, 0) is 42.3 Å².